The number of ether oxygens (including phenoxy) is 3. The molecule has 2 N–H and O–H groups in total. The van der Waals surface area contributed by atoms with Crippen LogP contribution >= 0.6 is 0 Å². The van der Waals surface area contributed by atoms with Crippen LogP contribution in [0.15, 0.2) is 102 Å². The fraction of sp³-hybridized carbons (Fsp3) is 0.457. The third-order valence-corrected chi connectivity index (χ3v) is 10.2. The number of nitrogens with one attached hydrogen (secondary N) is 2. The molecular weight excluding hydrogens is 735 g/mol. The van der Waals surface area contributed by atoms with Gasteiger partial charge in [0, 0.05) is 43.6 Å². The van der Waals surface area contributed by atoms with Crippen LogP contribution in [0.5, 0.6) is 0 Å². The van der Waals surface area contributed by atoms with Gasteiger partial charge in [-0.3, -0.25) is 4.79 Å². The summed E-state index contributed by atoms with van der Waals surface area (Å²) in [5.74, 6) is 0.0952. The summed E-state index contributed by atoms with van der Waals surface area (Å²) in [6, 6.07) is 13.7. The van der Waals surface area contributed by atoms with Crippen molar-refractivity contribution in [3.8, 4) is 0 Å². The zero-order valence-corrected chi connectivity index (χ0v) is 33.4. The Hall–Kier alpha value is -4.45. The number of amides is 1. The third-order valence-electron chi connectivity index (χ3n) is 10.2. The molecule has 2 aliphatic heterocycles. The van der Waals surface area contributed by atoms with Crippen LogP contribution in [0, 0.1) is 0 Å². The van der Waals surface area contributed by atoms with Gasteiger partial charge in [-0.2, -0.15) is 13.2 Å². The van der Waals surface area contributed by atoms with Gasteiger partial charge in [-0.15, -0.1) is 0 Å². The molecule has 2 saturated heterocycles. The zero-order chi connectivity index (χ0) is 40.7. The molecular formula is C46H57F4N3O4. The van der Waals surface area contributed by atoms with Gasteiger partial charge in [-0.25, -0.2) is 4.39 Å². The fourth-order valence-corrected chi connectivity index (χ4v) is 6.97. The topological polar surface area (TPSA) is 72.1 Å². The van der Waals surface area contributed by atoms with E-state index < -0.39 is 18.4 Å². The van der Waals surface area contributed by atoms with Crippen molar-refractivity contribution in [2.24, 2.45) is 0 Å². The molecule has 1 atom stereocenters. The van der Waals surface area contributed by atoms with Gasteiger partial charge in [0.1, 0.15) is 24.4 Å². The Kier molecular flexibility index (Phi) is 16.4. The summed E-state index contributed by atoms with van der Waals surface area (Å²) >= 11 is 0. The fourth-order valence-electron chi connectivity index (χ4n) is 6.97. The van der Waals surface area contributed by atoms with Crippen LogP contribution in [-0.4, -0.2) is 74.8 Å². The molecule has 0 spiro atoms. The molecule has 2 aromatic rings. The van der Waals surface area contributed by atoms with E-state index in [-0.39, 0.29) is 28.8 Å². The minimum absolute atomic E-state index is 0.0289. The average molecular weight is 792 g/mol. The van der Waals surface area contributed by atoms with Crippen LogP contribution in [0.4, 0.5) is 23.2 Å². The quantitative estimate of drug-likeness (QED) is 0.0515. The lowest BCUT2D eigenvalue weighted by Gasteiger charge is -2.26. The number of anilines is 1. The van der Waals surface area contributed by atoms with Gasteiger partial charge in [0.15, 0.2) is 0 Å². The third kappa shape index (κ3) is 13.3. The summed E-state index contributed by atoms with van der Waals surface area (Å²) in [5.41, 5.74) is 2.36. The largest absolute Gasteiger partial charge is 0.492 e. The normalized spacial score (nSPS) is 19.9. The van der Waals surface area contributed by atoms with E-state index in [9.17, 15) is 18.0 Å². The first-order chi connectivity index (χ1) is 27.5. The predicted molar refractivity (Wildman–Crippen MR) is 221 cm³/mol. The van der Waals surface area contributed by atoms with Crippen LogP contribution < -0.4 is 10.6 Å². The number of halogens is 4. The lowest BCUT2D eigenvalue weighted by molar-refractivity contribution is -0.130. The minimum Gasteiger partial charge on any atom is -0.492 e. The van der Waals surface area contributed by atoms with Crippen LogP contribution in [-0.2, 0) is 19.0 Å². The van der Waals surface area contributed by atoms with E-state index in [0.29, 0.717) is 92.6 Å². The van der Waals surface area contributed by atoms with Crippen molar-refractivity contribution >= 4 is 28.6 Å². The number of hydrogen-bond donors (Lipinski definition) is 2. The first-order valence-electron chi connectivity index (χ1n) is 20.2. The summed E-state index contributed by atoms with van der Waals surface area (Å²) < 4.78 is 77.0. The van der Waals surface area contributed by atoms with Crippen LogP contribution in [0.1, 0.15) is 88.8 Å². The molecule has 1 aliphatic carbocycles. The van der Waals surface area contributed by atoms with E-state index in [2.05, 4.69) is 10.6 Å². The highest BCUT2D eigenvalue weighted by Crippen LogP contribution is 2.42. The van der Waals surface area contributed by atoms with Gasteiger partial charge in [0.05, 0.1) is 25.2 Å². The molecule has 11 heteroatoms. The highest BCUT2D eigenvalue weighted by molar-refractivity contribution is 6.00. The molecule has 57 heavy (non-hydrogen) atoms. The molecule has 5 rings (SSSR count). The minimum atomic E-state index is -4.53. The SMILES string of the molecule is C/C=C(\C=C/C(=C/CC)OCC1(NC/C=C/C(=O)N2CCOCC2)CC1)C(=C(/CC(F)(F)F)c1ccccc1)/c1ccc(NC2CCCCO2)c(/C(F)=C/CC)c1. The Morgan fingerprint density at radius 3 is 2.37 bits per heavy atom. The second-order valence-corrected chi connectivity index (χ2v) is 14.6. The van der Waals surface area contributed by atoms with E-state index in [1.54, 1.807) is 84.7 Å². The van der Waals surface area contributed by atoms with Gasteiger partial charge < -0.3 is 29.7 Å². The van der Waals surface area contributed by atoms with Crippen LogP contribution in [0.25, 0.3) is 17.0 Å². The molecule has 0 bridgehead atoms. The van der Waals surface area contributed by atoms with Gasteiger partial charge in [-0.1, -0.05) is 68.5 Å². The number of morpholine rings is 1. The van der Waals surface area contributed by atoms with Gasteiger partial charge in [0.25, 0.3) is 0 Å². The van der Waals surface area contributed by atoms with Crippen molar-refractivity contribution in [3.63, 3.8) is 0 Å². The highest BCUT2D eigenvalue weighted by atomic mass is 19.4. The second-order valence-electron chi connectivity index (χ2n) is 14.6. The smallest absolute Gasteiger partial charge is 0.393 e. The van der Waals surface area contributed by atoms with Gasteiger partial charge in [-0.05, 0) is 110 Å². The van der Waals surface area contributed by atoms with Crippen molar-refractivity contribution in [2.45, 2.75) is 90.1 Å². The summed E-state index contributed by atoms with van der Waals surface area (Å²) in [5, 5.41) is 6.85. The number of carbonyl (C=O) groups excluding carboxylic acids is 1. The monoisotopic (exact) mass is 791 g/mol. The first-order valence-corrected chi connectivity index (χ1v) is 20.2. The predicted octanol–water partition coefficient (Wildman–Crippen LogP) is 10.6. The van der Waals surface area contributed by atoms with E-state index in [1.807, 2.05) is 26.0 Å². The molecule has 3 aliphatic rings. The summed E-state index contributed by atoms with van der Waals surface area (Å²) in [6.45, 7) is 9.39. The lowest BCUT2D eigenvalue weighted by atomic mass is 9.86. The van der Waals surface area contributed by atoms with Crippen molar-refractivity contribution < 1.29 is 36.6 Å². The number of benzene rings is 2. The van der Waals surface area contributed by atoms with E-state index in [0.717, 1.165) is 32.1 Å². The molecule has 1 unspecified atom stereocenters. The Morgan fingerprint density at radius 2 is 1.72 bits per heavy atom. The van der Waals surface area contributed by atoms with E-state index in [1.165, 1.54) is 6.08 Å². The number of allylic oxidation sites excluding steroid dienone is 8. The maximum Gasteiger partial charge on any atom is 0.393 e. The second kappa shape index (κ2) is 21.3. The van der Waals surface area contributed by atoms with Gasteiger partial charge >= 0.3 is 6.18 Å². The average Bonchev–Trinajstić information content (AvgIpc) is 4.00. The first kappa shape index (κ1) is 43.7. The van der Waals surface area contributed by atoms with Crippen molar-refractivity contribution in [1.82, 2.24) is 10.2 Å². The Morgan fingerprint density at radius 1 is 0.965 bits per heavy atom. The zero-order valence-electron chi connectivity index (χ0n) is 33.4. The highest BCUT2D eigenvalue weighted by Gasteiger charge is 2.43. The summed E-state index contributed by atoms with van der Waals surface area (Å²) in [6.07, 6.45) is 11.8. The number of carbonyl (C=O) groups is 1. The van der Waals surface area contributed by atoms with E-state index >= 15 is 4.39 Å². The Balaban J connectivity index is 1.44. The van der Waals surface area contributed by atoms with E-state index in [4.69, 9.17) is 14.2 Å². The molecule has 1 saturated carbocycles. The van der Waals surface area contributed by atoms with Crippen LogP contribution in [0.2, 0.25) is 0 Å². The van der Waals surface area contributed by atoms with Gasteiger partial charge in [0.2, 0.25) is 5.91 Å². The summed E-state index contributed by atoms with van der Waals surface area (Å²) in [4.78, 5) is 14.3. The standard InChI is InChI=1S/C46H57F4N3O4/c1-4-13-37(57-33-45(23-24-45)51-25-12-18-43(54)53-26-29-55-30-27-53)21-19-34(6-3)44(39(32-46(48,49)50)35-15-8-7-9-16-35)36-20-22-41(38(31-36)40(47)14-5-2)52-42-17-10-11-28-56-42/h6-9,12-16,18-22,31,42,51-52H,4-5,10-11,17,23-30,32-33H2,1-3H3/b18-12+,21-19-,34-6+,37-13-,40-14-,44-39+. The maximum atomic E-state index is 15.9. The Labute approximate surface area is 335 Å². The molecule has 3 fully saturated rings. The molecule has 308 valence electrons. The number of rotatable bonds is 18. The molecule has 7 nitrogen and oxygen atoms in total. The van der Waals surface area contributed by atoms with Crippen molar-refractivity contribution in [1.29, 1.82) is 0 Å². The number of alkyl halides is 3. The molecule has 1 amide bonds. The van der Waals surface area contributed by atoms with Crippen LogP contribution in [0.3, 0.4) is 0 Å². The molecule has 2 heterocycles. The van der Waals surface area contributed by atoms with Crippen molar-refractivity contribution in [2.75, 3.05) is 51.4 Å². The maximum absolute atomic E-state index is 15.9. The lowest BCUT2D eigenvalue weighted by Crippen LogP contribution is -2.40. The Bertz CT molecular complexity index is 1810. The number of hydrogen-bond acceptors (Lipinski definition) is 6. The molecule has 2 aromatic carbocycles. The van der Waals surface area contributed by atoms with Crippen molar-refractivity contribution in [3.05, 3.63) is 119 Å². The molecule has 0 radical (unpaired) electrons. The summed E-state index contributed by atoms with van der Waals surface area (Å²) in [7, 11) is 0. The number of nitrogens with zero attached hydrogens (tertiary/aromatic N) is 1. The molecule has 0 aromatic heterocycles.